The van der Waals surface area contributed by atoms with Crippen molar-refractivity contribution >= 4 is 28.1 Å². The van der Waals surface area contributed by atoms with E-state index in [0.29, 0.717) is 5.57 Å². The van der Waals surface area contributed by atoms with Gasteiger partial charge in [0, 0.05) is 18.8 Å². The number of nitrogens with zero attached hydrogens (tertiary/aromatic N) is 2. The zero-order valence-electron chi connectivity index (χ0n) is 16.0. The number of fused-ring (bicyclic) bond motifs is 1. The van der Waals surface area contributed by atoms with E-state index in [1.165, 1.54) is 35.0 Å². The van der Waals surface area contributed by atoms with Gasteiger partial charge in [-0.3, -0.25) is 0 Å². The average Bonchev–Trinajstić information content (AvgIpc) is 3.22. The second-order valence-corrected chi connectivity index (χ2v) is 7.42. The summed E-state index contributed by atoms with van der Waals surface area (Å²) in [5, 5.41) is 12.1. The molecule has 0 bridgehead atoms. The zero-order chi connectivity index (χ0) is 18.8. The Morgan fingerprint density at radius 1 is 0.926 bits per heavy atom. The Labute approximate surface area is 161 Å². The van der Waals surface area contributed by atoms with Crippen LogP contribution in [0, 0.1) is 25.2 Å². The highest BCUT2D eigenvalue weighted by atomic mass is 15.1. The molecule has 0 radical (unpaired) electrons. The molecule has 0 amide bonds. The molecule has 1 heterocycles. The summed E-state index contributed by atoms with van der Waals surface area (Å²) in [5.74, 6) is 0. The van der Waals surface area contributed by atoms with E-state index in [4.69, 9.17) is 0 Å². The molecule has 134 valence electrons. The van der Waals surface area contributed by atoms with Crippen molar-refractivity contribution in [3.63, 3.8) is 0 Å². The molecule has 2 heteroatoms. The molecule has 3 aromatic rings. The van der Waals surface area contributed by atoms with Gasteiger partial charge in [-0.25, -0.2) is 0 Å². The summed E-state index contributed by atoms with van der Waals surface area (Å²) in [5.41, 5.74) is 6.64. The average molecular weight is 352 g/mol. The summed E-state index contributed by atoms with van der Waals surface area (Å²) in [6, 6.07) is 21.4. The summed E-state index contributed by atoms with van der Waals surface area (Å²) in [6.45, 7) is 6.61. The minimum Gasteiger partial charge on any atom is -0.371 e. The van der Waals surface area contributed by atoms with Gasteiger partial charge in [-0.1, -0.05) is 36.4 Å². The van der Waals surface area contributed by atoms with Crippen LogP contribution in [-0.2, 0) is 0 Å². The first-order valence-electron chi connectivity index (χ1n) is 9.63. The van der Waals surface area contributed by atoms with Gasteiger partial charge in [0.15, 0.2) is 0 Å². The van der Waals surface area contributed by atoms with E-state index in [0.717, 1.165) is 29.6 Å². The van der Waals surface area contributed by atoms with Crippen LogP contribution in [0.15, 0.2) is 54.6 Å². The van der Waals surface area contributed by atoms with E-state index in [1.807, 2.05) is 24.3 Å². The number of nitriles is 1. The number of anilines is 1. The molecule has 3 aromatic carbocycles. The molecule has 2 nitrogen and oxygen atoms in total. The second kappa shape index (κ2) is 7.29. The molecule has 1 fully saturated rings. The van der Waals surface area contributed by atoms with Crippen LogP contribution < -0.4 is 4.90 Å². The molecule has 1 aliphatic heterocycles. The van der Waals surface area contributed by atoms with Crippen molar-refractivity contribution < 1.29 is 0 Å². The predicted molar refractivity (Wildman–Crippen MR) is 115 cm³/mol. The van der Waals surface area contributed by atoms with Crippen molar-refractivity contribution in [1.29, 1.82) is 5.26 Å². The Morgan fingerprint density at radius 2 is 1.67 bits per heavy atom. The Morgan fingerprint density at radius 3 is 2.41 bits per heavy atom. The molecule has 0 aliphatic carbocycles. The third-order valence-corrected chi connectivity index (χ3v) is 5.51. The van der Waals surface area contributed by atoms with Crippen molar-refractivity contribution in [3.05, 3.63) is 76.9 Å². The summed E-state index contributed by atoms with van der Waals surface area (Å²) in [4.78, 5) is 2.48. The molecule has 0 atom stereocenters. The molecular weight excluding hydrogens is 328 g/mol. The molecule has 1 aliphatic rings. The smallest absolute Gasteiger partial charge is 0.0998 e. The summed E-state index contributed by atoms with van der Waals surface area (Å²) in [7, 11) is 0. The Hall–Kier alpha value is -3.05. The first kappa shape index (κ1) is 17.4. The lowest BCUT2D eigenvalue weighted by Gasteiger charge is -2.21. The number of aryl methyl sites for hydroxylation is 2. The fourth-order valence-corrected chi connectivity index (χ4v) is 3.97. The summed E-state index contributed by atoms with van der Waals surface area (Å²) in [6.07, 6.45) is 4.58. The van der Waals surface area contributed by atoms with Crippen molar-refractivity contribution in [2.75, 3.05) is 18.0 Å². The molecule has 0 saturated carbocycles. The fraction of sp³-hybridized carbons (Fsp3) is 0.240. The largest absolute Gasteiger partial charge is 0.371 e. The van der Waals surface area contributed by atoms with E-state index in [-0.39, 0.29) is 0 Å². The molecule has 0 spiro atoms. The molecule has 0 unspecified atom stereocenters. The predicted octanol–water partition coefficient (Wildman–Crippen LogP) is 6.12. The topological polar surface area (TPSA) is 27.0 Å². The number of hydrogen-bond donors (Lipinski definition) is 0. The van der Waals surface area contributed by atoms with Gasteiger partial charge in [0.1, 0.15) is 0 Å². The third-order valence-electron chi connectivity index (χ3n) is 5.51. The highest BCUT2D eigenvalue weighted by Gasteiger charge is 2.15. The maximum Gasteiger partial charge on any atom is 0.0998 e. The van der Waals surface area contributed by atoms with E-state index in [9.17, 15) is 5.26 Å². The monoisotopic (exact) mass is 352 g/mol. The van der Waals surface area contributed by atoms with Gasteiger partial charge in [0.2, 0.25) is 0 Å². The Balaban J connectivity index is 1.73. The lowest BCUT2D eigenvalue weighted by atomic mass is 9.97. The quantitative estimate of drug-likeness (QED) is 0.419. The standard InChI is InChI=1S/C25H24N2/c1-18-14-25(27-11-5-6-12-27)19(2)13-23(18)16-24(17-26)22-10-9-20-7-3-4-8-21(20)15-22/h3-4,7-10,13-16H,5-6,11-12H2,1-2H3. The SMILES string of the molecule is Cc1cc(N2CCCC2)c(C)cc1C=C(C#N)c1ccc2ccccc2c1. The molecule has 0 aromatic heterocycles. The van der Waals surface area contributed by atoms with Crippen LogP contribution in [0.25, 0.3) is 22.4 Å². The van der Waals surface area contributed by atoms with Crippen LogP contribution in [0.4, 0.5) is 5.69 Å². The van der Waals surface area contributed by atoms with Crippen molar-refractivity contribution in [1.82, 2.24) is 0 Å². The second-order valence-electron chi connectivity index (χ2n) is 7.42. The number of hydrogen-bond acceptors (Lipinski definition) is 2. The van der Waals surface area contributed by atoms with Crippen molar-refractivity contribution in [2.45, 2.75) is 26.7 Å². The van der Waals surface area contributed by atoms with Crippen LogP contribution in [0.1, 0.15) is 35.1 Å². The van der Waals surface area contributed by atoms with Gasteiger partial charge in [0.05, 0.1) is 11.6 Å². The zero-order valence-corrected chi connectivity index (χ0v) is 16.0. The van der Waals surface area contributed by atoms with Gasteiger partial charge in [0.25, 0.3) is 0 Å². The van der Waals surface area contributed by atoms with Crippen molar-refractivity contribution in [2.24, 2.45) is 0 Å². The highest BCUT2D eigenvalue weighted by Crippen LogP contribution is 2.30. The molecule has 27 heavy (non-hydrogen) atoms. The molecular formula is C25H24N2. The minimum atomic E-state index is 0.706. The van der Waals surface area contributed by atoms with E-state index < -0.39 is 0 Å². The van der Waals surface area contributed by atoms with E-state index in [1.54, 1.807) is 0 Å². The minimum absolute atomic E-state index is 0.706. The first-order chi connectivity index (χ1) is 13.2. The van der Waals surface area contributed by atoms with Gasteiger partial charge < -0.3 is 4.90 Å². The lowest BCUT2D eigenvalue weighted by molar-refractivity contribution is 0.949. The first-order valence-corrected chi connectivity index (χ1v) is 9.63. The number of benzene rings is 3. The van der Waals surface area contributed by atoms with Crippen LogP contribution in [0.2, 0.25) is 0 Å². The van der Waals surface area contributed by atoms with Crippen molar-refractivity contribution in [3.8, 4) is 6.07 Å². The van der Waals surface area contributed by atoms with Crippen LogP contribution in [-0.4, -0.2) is 13.1 Å². The van der Waals surface area contributed by atoms with Crippen LogP contribution >= 0.6 is 0 Å². The molecule has 0 N–H and O–H groups in total. The normalized spacial score (nSPS) is 14.6. The summed E-state index contributed by atoms with van der Waals surface area (Å²) >= 11 is 0. The van der Waals surface area contributed by atoms with Gasteiger partial charge in [-0.05, 0) is 84.0 Å². The summed E-state index contributed by atoms with van der Waals surface area (Å²) < 4.78 is 0. The number of rotatable bonds is 3. The molecule has 4 rings (SSSR count). The Bertz CT molecular complexity index is 1060. The maximum atomic E-state index is 9.77. The van der Waals surface area contributed by atoms with Crippen LogP contribution in [0.5, 0.6) is 0 Å². The van der Waals surface area contributed by atoms with E-state index >= 15 is 0 Å². The lowest BCUT2D eigenvalue weighted by Crippen LogP contribution is -2.18. The molecule has 1 saturated heterocycles. The van der Waals surface area contributed by atoms with Gasteiger partial charge in [-0.15, -0.1) is 0 Å². The number of allylic oxidation sites excluding steroid dienone is 1. The van der Waals surface area contributed by atoms with E-state index in [2.05, 4.69) is 61.2 Å². The Kier molecular flexibility index (Phi) is 4.69. The van der Waals surface area contributed by atoms with Gasteiger partial charge in [-0.2, -0.15) is 5.26 Å². The fourth-order valence-electron chi connectivity index (χ4n) is 3.97. The van der Waals surface area contributed by atoms with Gasteiger partial charge >= 0.3 is 0 Å². The van der Waals surface area contributed by atoms with Crippen LogP contribution in [0.3, 0.4) is 0 Å². The third kappa shape index (κ3) is 3.46. The maximum absolute atomic E-state index is 9.77. The highest BCUT2D eigenvalue weighted by molar-refractivity contribution is 5.94.